The maximum Gasteiger partial charge on any atom is 0.249 e. The van der Waals surface area contributed by atoms with E-state index >= 15 is 0 Å². The molecule has 2 rings (SSSR count). The van der Waals surface area contributed by atoms with Gasteiger partial charge in [-0.05, 0) is 26.7 Å². The number of nitrogens with one attached hydrogen (secondary N) is 1. The summed E-state index contributed by atoms with van der Waals surface area (Å²) in [5.74, 6) is -0.105. The topological polar surface area (TPSA) is 58.6 Å². The summed E-state index contributed by atoms with van der Waals surface area (Å²) in [6.45, 7) is 4.06. The summed E-state index contributed by atoms with van der Waals surface area (Å²) in [6.07, 6.45) is 4.26. The first-order valence-electron chi connectivity index (χ1n) is 6.78. The minimum Gasteiger partial charge on any atom is -0.369 e. The molecule has 2 fully saturated rings. The Hall–Kier alpha value is -1.10. The Labute approximate surface area is 108 Å². The molecule has 18 heavy (non-hydrogen) atoms. The summed E-state index contributed by atoms with van der Waals surface area (Å²) in [4.78, 5) is 25.5. The van der Waals surface area contributed by atoms with Gasteiger partial charge in [0.2, 0.25) is 11.8 Å². The molecular formula is C13H22N2O3. The normalized spacial score (nSPS) is 27.9. The summed E-state index contributed by atoms with van der Waals surface area (Å²) >= 11 is 0. The lowest BCUT2D eigenvalue weighted by molar-refractivity contribution is -0.148. The van der Waals surface area contributed by atoms with Crippen LogP contribution in [0.5, 0.6) is 0 Å². The number of hydrogen-bond acceptors (Lipinski definition) is 3. The van der Waals surface area contributed by atoms with Crippen LogP contribution in [0.2, 0.25) is 0 Å². The van der Waals surface area contributed by atoms with E-state index < -0.39 is 0 Å². The van der Waals surface area contributed by atoms with E-state index in [9.17, 15) is 9.59 Å². The molecule has 102 valence electrons. The van der Waals surface area contributed by atoms with Crippen LogP contribution in [0.4, 0.5) is 0 Å². The number of hydrogen-bond donors (Lipinski definition) is 1. The van der Waals surface area contributed by atoms with Crippen molar-refractivity contribution in [1.82, 2.24) is 10.2 Å². The van der Waals surface area contributed by atoms with E-state index in [0.29, 0.717) is 0 Å². The second-order valence-electron chi connectivity index (χ2n) is 5.41. The SMILES string of the molecule is CC(C)OCC(=O)N1CC(=O)N[C@@H]2CCCC[C@H]21. The lowest BCUT2D eigenvalue weighted by Gasteiger charge is -2.43. The van der Waals surface area contributed by atoms with Gasteiger partial charge in [-0.2, -0.15) is 0 Å². The van der Waals surface area contributed by atoms with Crippen molar-refractivity contribution in [2.75, 3.05) is 13.2 Å². The number of carbonyl (C=O) groups excluding carboxylic acids is 2. The Bertz CT molecular complexity index is 330. The molecule has 0 radical (unpaired) electrons. The summed E-state index contributed by atoms with van der Waals surface area (Å²) in [7, 11) is 0. The summed E-state index contributed by atoms with van der Waals surface area (Å²) in [5.41, 5.74) is 0. The van der Waals surface area contributed by atoms with E-state index in [1.807, 2.05) is 13.8 Å². The standard InChI is InChI=1S/C13H22N2O3/c1-9(2)18-8-13(17)15-7-12(16)14-10-5-3-4-6-11(10)15/h9-11H,3-8H2,1-2H3,(H,14,16)/t10-,11-/m1/s1. The van der Waals surface area contributed by atoms with E-state index in [-0.39, 0.29) is 43.2 Å². The highest BCUT2D eigenvalue weighted by atomic mass is 16.5. The minimum absolute atomic E-state index is 0.0368. The third-order valence-electron chi connectivity index (χ3n) is 3.65. The molecule has 1 saturated carbocycles. The van der Waals surface area contributed by atoms with Crippen LogP contribution in [-0.4, -0.2) is 48.1 Å². The molecule has 5 heteroatoms. The molecule has 1 heterocycles. The monoisotopic (exact) mass is 254 g/mol. The van der Waals surface area contributed by atoms with Crippen molar-refractivity contribution in [3.8, 4) is 0 Å². The van der Waals surface area contributed by atoms with Gasteiger partial charge in [0, 0.05) is 6.04 Å². The average Bonchev–Trinajstić information content (AvgIpc) is 2.34. The lowest BCUT2D eigenvalue weighted by atomic mass is 9.87. The zero-order valence-corrected chi connectivity index (χ0v) is 11.1. The molecule has 1 aliphatic heterocycles. The van der Waals surface area contributed by atoms with Gasteiger partial charge in [-0.15, -0.1) is 0 Å². The number of fused-ring (bicyclic) bond motifs is 1. The molecule has 0 aromatic carbocycles. The number of piperazine rings is 1. The molecule has 2 amide bonds. The Kier molecular flexibility index (Phi) is 4.22. The predicted octanol–water partition coefficient (Wildman–Crippen LogP) is 0.681. The first-order chi connectivity index (χ1) is 8.58. The molecule has 0 unspecified atom stereocenters. The maximum absolute atomic E-state index is 12.1. The molecule has 2 aliphatic rings. The smallest absolute Gasteiger partial charge is 0.249 e. The highest BCUT2D eigenvalue weighted by molar-refractivity contribution is 5.87. The van der Waals surface area contributed by atoms with Gasteiger partial charge in [0.25, 0.3) is 0 Å². The zero-order valence-electron chi connectivity index (χ0n) is 11.1. The van der Waals surface area contributed by atoms with Gasteiger partial charge in [-0.1, -0.05) is 12.8 Å². The average molecular weight is 254 g/mol. The van der Waals surface area contributed by atoms with Gasteiger partial charge >= 0.3 is 0 Å². The Morgan fingerprint density at radius 1 is 1.44 bits per heavy atom. The zero-order chi connectivity index (χ0) is 13.1. The Morgan fingerprint density at radius 3 is 2.89 bits per heavy atom. The fourth-order valence-electron chi connectivity index (χ4n) is 2.77. The molecule has 1 N–H and O–H groups in total. The van der Waals surface area contributed by atoms with Crippen molar-refractivity contribution < 1.29 is 14.3 Å². The first kappa shape index (κ1) is 13.3. The third kappa shape index (κ3) is 3.02. The molecule has 0 aromatic rings. The molecule has 1 aliphatic carbocycles. The highest BCUT2D eigenvalue weighted by Crippen LogP contribution is 2.25. The van der Waals surface area contributed by atoms with Crippen LogP contribution in [0.15, 0.2) is 0 Å². The molecule has 5 nitrogen and oxygen atoms in total. The van der Waals surface area contributed by atoms with Gasteiger partial charge in [-0.3, -0.25) is 9.59 Å². The predicted molar refractivity (Wildman–Crippen MR) is 67.0 cm³/mol. The van der Waals surface area contributed by atoms with Gasteiger partial charge in [0.15, 0.2) is 0 Å². The van der Waals surface area contributed by atoms with Crippen molar-refractivity contribution in [1.29, 1.82) is 0 Å². The quantitative estimate of drug-likeness (QED) is 0.806. The molecule has 2 atom stereocenters. The summed E-state index contributed by atoms with van der Waals surface area (Å²) in [5, 5.41) is 2.99. The largest absolute Gasteiger partial charge is 0.369 e. The Morgan fingerprint density at radius 2 is 2.17 bits per heavy atom. The van der Waals surface area contributed by atoms with Crippen LogP contribution in [0.25, 0.3) is 0 Å². The number of carbonyl (C=O) groups is 2. The number of nitrogens with zero attached hydrogens (tertiary/aromatic N) is 1. The third-order valence-corrected chi connectivity index (χ3v) is 3.65. The number of rotatable bonds is 3. The minimum atomic E-state index is -0.0598. The first-order valence-corrected chi connectivity index (χ1v) is 6.78. The van der Waals surface area contributed by atoms with Gasteiger partial charge in [-0.25, -0.2) is 0 Å². The molecule has 0 spiro atoms. The van der Waals surface area contributed by atoms with Crippen LogP contribution in [-0.2, 0) is 14.3 Å². The van der Waals surface area contributed by atoms with Crippen molar-refractivity contribution in [3.05, 3.63) is 0 Å². The van der Waals surface area contributed by atoms with Gasteiger partial charge in [0.1, 0.15) is 6.61 Å². The second-order valence-corrected chi connectivity index (χ2v) is 5.41. The van der Waals surface area contributed by atoms with Gasteiger partial charge < -0.3 is 15.0 Å². The van der Waals surface area contributed by atoms with Crippen LogP contribution in [0.3, 0.4) is 0 Å². The van der Waals surface area contributed by atoms with E-state index in [1.54, 1.807) is 4.90 Å². The van der Waals surface area contributed by atoms with E-state index in [2.05, 4.69) is 5.32 Å². The molecular weight excluding hydrogens is 232 g/mol. The molecule has 0 bridgehead atoms. The van der Waals surface area contributed by atoms with Crippen molar-refractivity contribution in [2.45, 2.75) is 57.7 Å². The van der Waals surface area contributed by atoms with E-state index in [0.717, 1.165) is 25.7 Å². The van der Waals surface area contributed by atoms with Crippen LogP contribution in [0.1, 0.15) is 39.5 Å². The fraction of sp³-hybridized carbons (Fsp3) is 0.846. The maximum atomic E-state index is 12.1. The summed E-state index contributed by atoms with van der Waals surface area (Å²) < 4.78 is 5.35. The van der Waals surface area contributed by atoms with Crippen molar-refractivity contribution in [3.63, 3.8) is 0 Å². The van der Waals surface area contributed by atoms with Crippen LogP contribution < -0.4 is 5.32 Å². The number of ether oxygens (including phenoxy) is 1. The van der Waals surface area contributed by atoms with Crippen LogP contribution in [0, 0.1) is 0 Å². The fourth-order valence-corrected chi connectivity index (χ4v) is 2.77. The Balaban J connectivity index is 1.99. The highest BCUT2D eigenvalue weighted by Gasteiger charge is 2.38. The number of amides is 2. The van der Waals surface area contributed by atoms with Crippen molar-refractivity contribution >= 4 is 11.8 Å². The van der Waals surface area contributed by atoms with E-state index in [4.69, 9.17) is 4.74 Å². The second kappa shape index (κ2) is 5.69. The molecule has 0 aromatic heterocycles. The van der Waals surface area contributed by atoms with Crippen LogP contribution >= 0.6 is 0 Å². The molecule has 1 saturated heterocycles. The lowest BCUT2D eigenvalue weighted by Crippen LogP contribution is -2.63. The van der Waals surface area contributed by atoms with Crippen molar-refractivity contribution in [2.24, 2.45) is 0 Å². The summed E-state index contributed by atoms with van der Waals surface area (Å²) in [6, 6.07) is 0.308. The van der Waals surface area contributed by atoms with Gasteiger partial charge in [0.05, 0.1) is 18.7 Å². The van der Waals surface area contributed by atoms with E-state index in [1.165, 1.54) is 0 Å².